The van der Waals surface area contributed by atoms with Gasteiger partial charge in [-0.05, 0) is 5.92 Å². The predicted octanol–water partition coefficient (Wildman–Crippen LogP) is 1.16. The molecule has 0 spiro atoms. The van der Waals surface area contributed by atoms with Crippen molar-refractivity contribution in [3.63, 3.8) is 0 Å². The van der Waals surface area contributed by atoms with Crippen LogP contribution < -0.4 is 5.32 Å². The molecule has 7 heteroatoms. The Kier molecular flexibility index (Phi) is 4.19. The van der Waals surface area contributed by atoms with E-state index in [1.54, 1.807) is 12.3 Å². The van der Waals surface area contributed by atoms with E-state index >= 15 is 0 Å². The number of aliphatic hydroxyl groups excluding tert-OH is 1. The maximum Gasteiger partial charge on any atom is 0.228 e. The van der Waals surface area contributed by atoms with Crippen molar-refractivity contribution in [1.29, 1.82) is 0 Å². The number of imidazole rings is 1. The number of anilines is 1. The second kappa shape index (κ2) is 5.87. The topological polar surface area (TPSA) is 95.8 Å². The van der Waals surface area contributed by atoms with Gasteiger partial charge in [-0.1, -0.05) is 13.8 Å². The molecule has 1 amide bonds. The molecule has 0 bridgehead atoms. The first-order chi connectivity index (χ1) is 9.47. The van der Waals surface area contributed by atoms with Gasteiger partial charge in [0.05, 0.1) is 12.5 Å². The molecule has 2 rings (SSSR count). The van der Waals surface area contributed by atoms with Crippen LogP contribution in [0.5, 0.6) is 0 Å². The van der Waals surface area contributed by atoms with Crippen LogP contribution in [0, 0.1) is 5.92 Å². The van der Waals surface area contributed by atoms with Gasteiger partial charge in [0.25, 0.3) is 0 Å². The maximum absolute atomic E-state index is 11.7. The Morgan fingerprint density at radius 2 is 2.30 bits per heavy atom. The van der Waals surface area contributed by atoms with E-state index in [0.717, 1.165) is 11.5 Å². The van der Waals surface area contributed by atoms with E-state index in [1.807, 2.05) is 31.7 Å². The summed E-state index contributed by atoms with van der Waals surface area (Å²) in [7, 11) is 1.88. The Hall–Kier alpha value is -2.15. The Balaban J connectivity index is 2.00. The fourth-order valence-corrected chi connectivity index (χ4v) is 1.74. The number of amides is 1. The van der Waals surface area contributed by atoms with Crippen molar-refractivity contribution < 1.29 is 9.90 Å². The van der Waals surface area contributed by atoms with Crippen LogP contribution in [0.1, 0.15) is 20.3 Å². The number of carbonyl (C=O) groups is 1. The first kappa shape index (κ1) is 14.3. The second-order valence-corrected chi connectivity index (χ2v) is 5.09. The molecule has 0 saturated carbocycles. The molecule has 1 atom stereocenters. The second-order valence-electron chi connectivity index (χ2n) is 5.09. The molecule has 2 aromatic heterocycles. The molecule has 7 nitrogen and oxygen atoms in total. The standard InChI is InChI=1S/C13H19N5O2/c1-8(2)10(19)7-12(20)15-11-6-9(16-17-11)13-14-4-5-18(13)3/h4-6,8,10,19H,7H2,1-3H3,(H2,15,16,17,20). The number of hydrogen-bond acceptors (Lipinski definition) is 4. The Labute approximate surface area is 117 Å². The highest BCUT2D eigenvalue weighted by Gasteiger charge is 2.16. The molecule has 0 saturated heterocycles. The molecule has 2 aromatic rings. The first-order valence-corrected chi connectivity index (χ1v) is 6.48. The van der Waals surface area contributed by atoms with Crippen molar-refractivity contribution in [2.75, 3.05) is 5.32 Å². The molecule has 2 heterocycles. The molecule has 0 fully saturated rings. The highest BCUT2D eigenvalue weighted by molar-refractivity contribution is 5.90. The van der Waals surface area contributed by atoms with Crippen molar-refractivity contribution in [2.24, 2.45) is 13.0 Å². The van der Waals surface area contributed by atoms with Crippen molar-refractivity contribution in [2.45, 2.75) is 26.4 Å². The van der Waals surface area contributed by atoms with E-state index in [4.69, 9.17) is 0 Å². The minimum Gasteiger partial charge on any atom is -0.392 e. The van der Waals surface area contributed by atoms with Crippen molar-refractivity contribution in [3.8, 4) is 11.5 Å². The first-order valence-electron chi connectivity index (χ1n) is 6.48. The Bertz CT molecular complexity index is 587. The summed E-state index contributed by atoms with van der Waals surface area (Å²) < 4.78 is 1.85. The highest BCUT2D eigenvalue weighted by atomic mass is 16.3. The number of nitrogens with zero attached hydrogens (tertiary/aromatic N) is 3. The zero-order chi connectivity index (χ0) is 14.7. The molecule has 108 valence electrons. The maximum atomic E-state index is 11.7. The largest absolute Gasteiger partial charge is 0.392 e. The van der Waals surface area contributed by atoms with E-state index < -0.39 is 6.10 Å². The van der Waals surface area contributed by atoms with Gasteiger partial charge in [-0.25, -0.2) is 4.98 Å². The van der Waals surface area contributed by atoms with Crippen LogP contribution in [0.25, 0.3) is 11.5 Å². The number of aromatic amines is 1. The van der Waals surface area contributed by atoms with E-state index in [1.165, 1.54) is 0 Å². The lowest BCUT2D eigenvalue weighted by Gasteiger charge is -2.12. The van der Waals surface area contributed by atoms with Crippen LogP contribution in [-0.4, -0.2) is 36.9 Å². The lowest BCUT2D eigenvalue weighted by atomic mass is 10.0. The third-order valence-corrected chi connectivity index (χ3v) is 3.07. The van der Waals surface area contributed by atoms with Gasteiger partial charge in [-0.15, -0.1) is 0 Å². The number of aliphatic hydroxyl groups is 1. The van der Waals surface area contributed by atoms with E-state index in [-0.39, 0.29) is 18.2 Å². The summed E-state index contributed by atoms with van der Waals surface area (Å²) >= 11 is 0. The van der Waals surface area contributed by atoms with Gasteiger partial charge >= 0.3 is 0 Å². The van der Waals surface area contributed by atoms with Crippen LogP contribution in [0.2, 0.25) is 0 Å². The van der Waals surface area contributed by atoms with Crippen LogP contribution in [0.15, 0.2) is 18.5 Å². The molecule has 20 heavy (non-hydrogen) atoms. The van der Waals surface area contributed by atoms with Gasteiger partial charge in [-0.3, -0.25) is 9.89 Å². The van der Waals surface area contributed by atoms with Gasteiger partial charge in [0.2, 0.25) is 5.91 Å². The van der Waals surface area contributed by atoms with Crippen LogP contribution in [0.3, 0.4) is 0 Å². The molecule has 0 aliphatic heterocycles. The van der Waals surface area contributed by atoms with Gasteiger partial charge in [0.15, 0.2) is 11.6 Å². The number of aryl methyl sites for hydroxylation is 1. The lowest BCUT2D eigenvalue weighted by molar-refractivity contribution is -0.118. The number of rotatable bonds is 5. The monoisotopic (exact) mass is 277 g/mol. The fraction of sp³-hybridized carbons (Fsp3) is 0.462. The van der Waals surface area contributed by atoms with Crippen molar-refractivity contribution in [3.05, 3.63) is 18.5 Å². The number of hydrogen-bond donors (Lipinski definition) is 3. The van der Waals surface area contributed by atoms with Gasteiger partial charge in [0, 0.05) is 25.5 Å². The summed E-state index contributed by atoms with van der Waals surface area (Å²) in [5.74, 6) is 0.941. The normalized spacial score (nSPS) is 12.7. The van der Waals surface area contributed by atoms with Crippen LogP contribution in [0.4, 0.5) is 5.82 Å². The summed E-state index contributed by atoms with van der Waals surface area (Å²) in [5.41, 5.74) is 0.720. The number of nitrogens with one attached hydrogen (secondary N) is 2. The summed E-state index contributed by atoms with van der Waals surface area (Å²) in [4.78, 5) is 15.9. The summed E-state index contributed by atoms with van der Waals surface area (Å²) in [6.45, 7) is 3.73. The highest BCUT2D eigenvalue weighted by Crippen LogP contribution is 2.17. The number of H-pyrrole nitrogens is 1. The molecular weight excluding hydrogens is 258 g/mol. The predicted molar refractivity (Wildman–Crippen MR) is 74.9 cm³/mol. The Morgan fingerprint density at radius 1 is 1.55 bits per heavy atom. The van der Waals surface area contributed by atoms with Crippen LogP contribution in [-0.2, 0) is 11.8 Å². The molecule has 0 aliphatic rings. The van der Waals surface area contributed by atoms with Gasteiger partial charge in [-0.2, -0.15) is 5.10 Å². The minimum atomic E-state index is -0.650. The summed E-state index contributed by atoms with van der Waals surface area (Å²) in [6, 6.07) is 1.71. The van der Waals surface area contributed by atoms with Crippen molar-refractivity contribution >= 4 is 11.7 Å². The minimum absolute atomic E-state index is 0.0445. The quantitative estimate of drug-likeness (QED) is 0.764. The average Bonchev–Trinajstić information content (AvgIpc) is 2.97. The zero-order valence-corrected chi connectivity index (χ0v) is 11.8. The van der Waals surface area contributed by atoms with Crippen LogP contribution >= 0.6 is 0 Å². The molecule has 3 N–H and O–H groups in total. The third-order valence-electron chi connectivity index (χ3n) is 3.07. The lowest BCUT2D eigenvalue weighted by Crippen LogP contribution is -2.23. The number of carbonyl (C=O) groups excluding carboxylic acids is 1. The molecule has 0 radical (unpaired) electrons. The van der Waals surface area contributed by atoms with E-state index in [9.17, 15) is 9.90 Å². The molecule has 1 unspecified atom stereocenters. The van der Waals surface area contributed by atoms with Crippen molar-refractivity contribution in [1.82, 2.24) is 19.7 Å². The SMILES string of the molecule is CC(C)C(O)CC(=O)Nc1cc(-c2nccn2C)[nH]n1. The summed E-state index contributed by atoms with van der Waals surface area (Å²) in [6.07, 6.45) is 2.92. The fourth-order valence-electron chi connectivity index (χ4n) is 1.74. The molecular formula is C13H19N5O2. The average molecular weight is 277 g/mol. The Morgan fingerprint density at radius 3 is 2.90 bits per heavy atom. The van der Waals surface area contributed by atoms with E-state index in [0.29, 0.717) is 5.82 Å². The van der Waals surface area contributed by atoms with Gasteiger partial charge in [0.1, 0.15) is 5.69 Å². The third kappa shape index (κ3) is 3.24. The number of aromatic nitrogens is 4. The smallest absolute Gasteiger partial charge is 0.228 e. The van der Waals surface area contributed by atoms with E-state index in [2.05, 4.69) is 20.5 Å². The molecule has 0 aromatic carbocycles. The zero-order valence-electron chi connectivity index (χ0n) is 11.8. The summed E-state index contributed by atoms with van der Waals surface area (Å²) in [5, 5.41) is 19.1. The van der Waals surface area contributed by atoms with Gasteiger partial charge < -0.3 is 15.0 Å². The molecule has 0 aliphatic carbocycles.